The summed E-state index contributed by atoms with van der Waals surface area (Å²) in [6.45, 7) is 1.78. The van der Waals surface area contributed by atoms with E-state index in [2.05, 4.69) is 34.9 Å². The molecular weight excluding hydrogens is 424 g/mol. The Morgan fingerprint density at radius 2 is 1.64 bits per heavy atom. The highest BCUT2D eigenvalue weighted by Crippen LogP contribution is 2.44. The molecule has 4 rings (SSSR count). The topological polar surface area (TPSA) is 125 Å². The van der Waals surface area contributed by atoms with Crippen LogP contribution in [0.2, 0.25) is 0 Å². The zero-order chi connectivity index (χ0) is 23.6. The van der Waals surface area contributed by atoms with Gasteiger partial charge in [-0.25, -0.2) is 4.79 Å². The fourth-order valence-electron chi connectivity index (χ4n) is 4.46. The highest BCUT2D eigenvalue weighted by atomic mass is 16.5. The Hall–Kier alpha value is -3.39. The van der Waals surface area contributed by atoms with Crippen molar-refractivity contribution in [3.05, 3.63) is 59.7 Å². The second-order valence-electron chi connectivity index (χ2n) is 9.09. The predicted molar refractivity (Wildman–Crippen MR) is 121 cm³/mol. The first-order valence-electron chi connectivity index (χ1n) is 11.1. The molecule has 0 heterocycles. The lowest BCUT2D eigenvalue weighted by Crippen LogP contribution is -2.43. The molecular formula is C25H28N2O6. The Labute approximate surface area is 192 Å². The Balaban J connectivity index is 1.21. The molecule has 2 amide bonds. The van der Waals surface area contributed by atoms with Gasteiger partial charge in [0.15, 0.2) is 0 Å². The van der Waals surface area contributed by atoms with E-state index in [4.69, 9.17) is 9.84 Å². The molecule has 0 aliphatic heterocycles. The van der Waals surface area contributed by atoms with Gasteiger partial charge in [0.2, 0.25) is 5.91 Å². The van der Waals surface area contributed by atoms with Crippen LogP contribution in [-0.2, 0) is 14.3 Å². The van der Waals surface area contributed by atoms with Crippen molar-refractivity contribution in [3.8, 4) is 11.1 Å². The van der Waals surface area contributed by atoms with E-state index in [1.165, 1.54) is 6.92 Å². The van der Waals surface area contributed by atoms with Gasteiger partial charge in [-0.15, -0.1) is 0 Å². The Morgan fingerprint density at radius 3 is 2.24 bits per heavy atom. The Kier molecular flexibility index (Phi) is 6.37. The molecule has 0 spiro atoms. The van der Waals surface area contributed by atoms with Crippen molar-refractivity contribution in [1.82, 2.24) is 10.6 Å². The van der Waals surface area contributed by atoms with E-state index >= 15 is 0 Å². The fourth-order valence-corrected chi connectivity index (χ4v) is 4.46. The van der Waals surface area contributed by atoms with Gasteiger partial charge in [-0.05, 0) is 41.5 Å². The van der Waals surface area contributed by atoms with Crippen molar-refractivity contribution in [2.75, 3.05) is 19.7 Å². The first-order valence-corrected chi connectivity index (χ1v) is 11.1. The molecule has 8 nitrogen and oxygen atoms in total. The number of benzene rings is 2. The average Bonchev–Trinajstić information content (AvgIpc) is 3.49. The highest BCUT2D eigenvalue weighted by Gasteiger charge is 2.43. The lowest BCUT2D eigenvalue weighted by molar-refractivity contribution is -0.142. The normalized spacial score (nSPS) is 20.2. The van der Waals surface area contributed by atoms with Gasteiger partial charge in [0, 0.05) is 24.9 Å². The summed E-state index contributed by atoms with van der Waals surface area (Å²) in [5.74, 6) is -1.67. The van der Waals surface area contributed by atoms with Crippen LogP contribution < -0.4 is 10.6 Å². The summed E-state index contributed by atoms with van der Waals surface area (Å²) < 4.78 is 5.50. The Bertz CT molecular complexity index is 1020. The van der Waals surface area contributed by atoms with E-state index in [9.17, 15) is 19.5 Å². The maximum absolute atomic E-state index is 12.3. The van der Waals surface area contributed by atoms with Crippen LogP contribution in [0.4, 0.5) is 4.79 Å². The lowest BCUT2D eigenvalue weighted by Gasteiger charge is -2.21. The molecule has 174 valence electrons. The predicted octanol–water partition coefficient (Wildman–Crippen LogP) is 2.50. The van der Waals surface area contributed by atoms with Crippen molar-refractivity contribution < 1.29 is 29.3 Å². The fraction of sp³-hybridized carbons (Fsp3) is 0.400. The number of alkyl carbamates (subject to hydrolysis) is 1. The second kappa shape index (κ2) is 9.23. The molecule has 2 aromatic carbocycles. The van der Waals surface area contributed by atoms with Crippen LogP contribution >= 0.6 is 0 Å². The van der Waals surface area contributed by atoms with Crippen LogP contribution in [0.15, 0.2) is 48.5 Å². The third-order valence-electron chi connectivity index (χ3n) is 6.29. The van der Waals surface area contributed by atoms with Gasteiger partial charge < -0.3 is 25.6 Å². The van der Waals surface area contributed by atoms with Crippen molar-refractivity contribution in [2.45, 2.75) is 31.3 Å². The molecule has 2 aliphatic rings. The van der Waals surface area contributed by atoms with E-state index < -0.39 is 24.1 Å². The van der Waals surface area contributed by atoms with Crippen LogP contribution in [0.1, 0.15) is 36.8 Å². The summed E-state index contributed by atoms with van der Waals surface area (Å²) in [4.78, 5) is 35.2. The molecule has 2 aromatic rings. The summed E-state index contributed by atoms with van der Waals surface area (Å²) >= 11 is 0. The number of ether oxygens (including phenoxy) is 1. The minimum absolute atomic E-state index is 0.00472. The largest absolute Gasteiger partial charge is 0.481 e. The van der Waals surface area contributed by atoms with E-state index in [1.807, 2.05) is 24.3 Å². The summed E-state index contributed by atoms with van der Waals surface area (Å²) in [6.07, 6.45) is -0.353. The van der Waals surface area contributed by atoms with Crippen molar-refractivity contribution in [1.29, 1.82) is 0 Å². The third-order valence-corrected chi connectivity index (χ3v) is 6.29. The van der Waals surface area contributed by atoms with E-state index in [1.54, 1.807) is 0 Å². The quantitative estimate of drug-likeness (QED) is 0.463. The zero-order valence-corrected chi connectivity index (χ0v) is 18.4. The van der Waals surface area contributed by atoms with Gasteiger partial charge >= 0.3 is 12.1 Å². The molecule has 2 aliphatic carbocycles. The number of amides is 2. The smallest absolute Gasteiger partial charge is 0.407 e. The maximum atomic E-state index is 12.3. The first-order chi connectivity index (χ1) is 15.7. The van der Waals surface area contributed by atoms with Gasteiger partial charge in [-0.2, -0.15) is 0 Å². The van der Waals surface area contributed by atoms with Gasteiger partial charge in [0.1, 0.15) is 6.61 Å². The van der Waals surface area contributed by atoms with Crippen LogP contribution in [0.5, 0.6) is 0 Å². The first kappa shape index (κ1) is 22.8. The molecule has 3 atom stereocenters. The van der Waals surface area contributed by atoms with Crippen LogP contribution in [-0.4, -0.2) is 53.5 Å². The summed E-state index contributed by atoms with van der Waals surface area (Å²) in [5, 5.41) is 24.1. The van der Waals surface area contributed by atoms with Gasteiger partial charge in [0.05, 0.1) is 12.0 Å². The van der Waals surface area contributed by atoms with Crippen LogP contribution in [0.3, 0.4) is 0 Å². The van der Waals surface area contributed by atoms with Gasteiger partial charge in [0.25, 0.3) is 0 Å². The number of fused-ring (bicyclic) bond motifs is 3. The molecule has 0 aromatic heterocycles. The minimum Gasteiger partial charge on any atom is -0.481 e. The Morgan fingerprint density at radius 1 is 1.03 bits per heavy atom. The van der Waals surface area contributed by atoms with Crippen molar-refractivity contribution >= 4 is 18.0 Å². The number of carbonyl (C=O) groups excluding carboxylic acids is 2. The van der Waals surface area contributed by atoms with Crippen molar-refractivity contribution in [2.24, 2.45) is 11.8 Å². The maximum Gasteiger partial charge on any atom is 0.407 e. The lowest BCUT2D eigenvalue weighted by atomic mass is 9.98. The molecule has 1 unspecified atom stereocenters. The number of carboxylic acids is 1. The number of hydrogen-bond donors (Lipinski definition) is 4. The van der Waals surface area contributed by atoms with Gasteiger partial charge in [-0.1, -0.05) is 48.5 Å². The number of hydrogen-bond acceptors (Lipinski definition) is 5. The second-order valence-corrected chi connectivity index (χ2v) is 9.09. The number of carbonyl (C=O) groups is 3. The molecule has 0 saturated heterocycles. The molecule has 8 heteroatoms. The average molecular weight is 453 g/mol. The minimum atomic E-state index is -1.51. The van der Waals surface area contributed by atoms with Gasteiger partial charge in [-0.3, -0.25) is 9.59 Å². The number of aliphatic hydroxyl groups is 1. The highest BCUT2D eigenvalue weighted by molar-refractivity contribution is 5.82. The molecule has 1 fully saturated rings. The summed E-state index contributed by atoms with van der Waals surface area (Å²) in [5.41, 5.74) is 3.10. The standard InChI is InChI=1S/C25H28N2O6/c1-25(32,11-22(28)29)14-27-23(30)20-10-15(20)12-26-24(31)33-13-21-18-8-4-2-6-16(18)17-7-3-5-9-19(17)21/h2-9,15,20-21,32H,10-14H2,1H3,(H,26,31)(H,27,30)(H,28,29)/t15-,20-,25?/m1/s1. The van der Waals surface area contributed by atoms with E-state index in [0.717, 1.165) is 22.3 Å². The number of rotatable bonds is 9. The molecule has 0 radical (unpaired) electrons. The molecule has 1 saturated carbocycles. The molecule has 33 heavy (non-hydrogen) atoms. The monoisotopic (exact) mass is 452 g/mol. The molecule has 4 N–H and O–H groups in total. The van der Waals surface area contributed by atoms with E-state index in [-0.39, 0.29) is 36.8 Å². The zero-order valence-electron chi connectivity index (χ0n) is 18.4. The number of carboxylic acid groups (broad SMARTS) is 1. The SMILES string of the molecule is CC(O)(CNC(=O)[C@@H]1C[C@@H]1CNC(=O)OCC1c2ccccc2-c2ccccc21)CC(=O)O. The van der Waals surface area contributed by atoms with E-state index in [0.29, 0.717) is 13.0 Å². The van der Waals surface area contributed by atoms with Crippen LogP contribution in [0.25, 0.3) is 11.1 Å². The molecule has 0 bridgehead atoms. The summed E-state index contributed by atoms with van der Waals surface area (Å²) in [7, 11) is 0. The summed E-state index contributed by atoms with van der Waals surface area (Å²) in [6, 6.07) is 16.2. The number of aliphatic carboxylic acids is 1. The third kappa shape index (κ3) is 5.34. The van der Waals surface area contributed by atoms with Crippen molar-refractivity contribution in [3.63, 3.8) is 0 Å². The van der Waals surface area contributed by atoms with Crippen LogP contribution in [0, 0.1) is 11.8 Å². The number of nitrogens with one attached hydrogen (secondary N) is 2.